The number of likely N-dealkylation sites (N-methyl/N-ethyl adjacent to an activating group) is 1. The summed E-state index contributed by atoms with van der Waals surface area (Å²) in [5, 5.41) is 33.1. The minimum Gasteiger partial charge on any atom is -0.481 e. The van der Waals surface area contributed by atoms with Gasteiger partial charge in [0.05, 0.1) is 46.5 Å². The number of nitrogens with zero attached hydrogens (tertiary/aromatic N) is 1. The Morgan fingerprint density at radius 2 is 1.29 bits per heavy atom. The molecular weight excluding hydrogens is 330 g/mol. The Hall–Kier alpha value is -1.19. The number of hydrogen-bond donors (Lipinski definition) is 4. The molecule has 21 heavy (non-hydrogen) atoms. The van der Waals surface area contributed by atoms with Crippen LogP contribution in [0.4, 0.5) is 0 Å². The molecule has 0 atom stereocenters. The Morgan fingerprint density at radius 3 is 1.38 bits per heavy atom. The van der Waals surface area contributed by atoms with Crippen molar-refractivity contribution < 1.29 is 61.8 Å². The topological polar surface area (TPSA) is 164 Å². The fourth-order valence-electron chi connectivity index (χ4n) is 0.968. The first-order valence-corrected chi connectivity index (χ1v) is 5.57. The number of hydrogen-bond acceptors (Lipinski definition) is 4. The third kappa shape index (κ3) is 24.2. The minimum atomic E-state index is -1.40. The molecule has 0 radical (unpaired) electrons. The van der Waals surface area contributed by atoms with Crippen LogP contribution in [0.3, 0.4) is 0 Å². The van der Waals surface area contributed by atoms with Crippen LogP contribution in [0.15, 0.2) is 0 Å². The Balaban J connectivity index is -0.000000140. The average molecular weight is 354 g/mol. The van der Waals surface area contributed by atoms with Gasteiger partial charge in [-0.1, -0.05) is 0 Å². The molecule has 0 aliphatic rings. The summed E-state index contributed by atoms with van der Waals surface area (Å²) in [6, 6.07) is 0. The molecule has 0 aromatic carbocycles. The normalized spacial score (nSPS) is 9.57. The SMILES string of the molecule is C[N+](C)(C)CCO.O.O=C(O)CC(CC(=O)O)C(=O)O.[Fe]. The molecule has 6 N–H and O–H groups in total. The second-order valence-corrected chi connectivity index (χ2v) is 4.97. The quantitative estimate of drug-likeness (QED) is 0.319. The molecule has 0 heterocycles. The second-order valence-electron chi connectivity index (χ2n) is 4.97. The van der Waals surface area contributed by atoms with Crippen LogP contribution < -0.4 is 0 Å². The van der Waals surface area contributed by atoms with Gasteiger partial charge in [-0.25, -0.2) is 0 Å². The molecule has 0 amide bonds. The molecule has 0 aliphatic heterocycles. The van der Waals surface area contributed by atoms with Gasteiger partial charge < -0.3 is 30.4 Å². The summed E-state index contributed by atoms with van der Waals surface area (Å²) in [6.45, 7) is 1.11. The number of carbonyl (C=O) groups is 3. The van der Waals surface area contributed by atoms with E-state index in [1.165, 1.54) is 0 Å². The number of aliphatic carboxylic acids is 3. The fourth-order valence-corrected chi connectivity index (χ4v) is 0.968. The molecular formula is C11H24FeNO8+. The van der Waals surface area contributed by atoms with E-state index in [0.717, 1.165) is 11.0 Å². The van der Waals surface area contributed by atoms with Crippen LogP contribution in [0.1, 0.15) is 12.8 Å². The maximum absolute atomic E-state index is 10.2. The van der Waals surface area contributed by atoms with Crippen molar-refractivity contribution in [1.82, 2.24) is 0 Å². The number of quaternary nitrogens is 1. The van der Waals surface area contributed by atoms with Gasteiger partial charge in [-0.2, -0.15) is 0 Å². The molecule has 0 fully saturated rings. The van der Waals surface area contributed by atoms with Gasteiger partial charge in [-0.3, -0.25) is 14.4 Å². The third-order valence-corrected chi connectivity index (χ3v) is 1.96. The van der Waals surface area contributed by atoms with Crippen molar-refractivity contribution in [3.05, 3.63) is 0 Å². The molecule has 0 aromatic rings. The zero-order valence-electron chi connectivity index (χ0n) is 12.2. The average Bonchev–Trinajstić information content (AvgIpc) is 2.13. The summed E-state index contributed by atoms with van der Waals surface area (Å²) >= 11 is 0. The Bertz CT molecular complexity index is 300. The van der Waals surface area contributed by atoms with Crippen molar-refractivity contribution in [3.8, 4) is 0 Å². The zero-order chi connectivity index (χ0) is 15.6. The van der Waals surface area contributed by atoms with E-state index in [9.17, 15) is 14.4 Å². The molecule has 9 nitrogen and oxygen atoms in total. The van der Waals surface area contributed by atoms with E-state index in [-0.39, 0.29) is 29.2 Å². The summed E-state index contributed by atoms with van der Waals surface area (Å²) in [4.78, 5) is 30.3. The van der Waals surface area contributed by atoms with Crippen molar-refractivity contribution in [2.24, 2.45) is 5.92 Å². The summed E-state index contributed by atoms with van der Waals surface area (Å²) in [6.07, 6.45) is -1.33. The number of aliphatic hydroxyl groups is 1. The number of aliphatic hydroxyl groups excluding tert-OH is 1. The van der Waals surface area contributed by atoms with Crippen LogP contribution >= 0.6 is 0 Å². The molecule has 0 saturated carbocycles. The molecule has 10 heteroatoms. The van der Waals surface area contributed by atoms with Gasteiger partial charge in [0, 0.05) is 17.1 Å². The Morgan fingerprint density at radius 1 is 0.952 bits per heavy atom. The van der Waals surface area contributed by atoms with Gasteiger partial charge in [-0.05, 0) is 0 Å². The van der Waals surface area contributed by atoms with Crippen molar-refractivity contribution in [2.75, 3.05) is 34.3 Å². The molecule has 0 unspecified atom stereocenters. The van der Waals surface area contributed by atoms with Gasteiger partial charge in [0.15, 0.2) is 0 Å². The van der Waals surface area contributed by atoms with Crippen LogP contribution in [0.5, 0.6) is 0 Å². The first-order valence-electron chi connectivity index (χ1n) is 5.57. The fraction of sp³-hybridized carbons (Fsp3) is 0.727. The summed E-state index contributed by atoms with van der Waals surface area (Å²) in [7, 11) is 6.16. The van der Waals surface area contributed by atoms with Crippen LogP contribution in [-0.2, 0) is 31.5 Å². The Labute approximate surface area is 133 Å². The number of rotatable bonds is 7. The third-order valence-electron chi connectivity index (χ3n) is 1.96. The molecule has 128 valence electrons. The predicted molar refractivity (Wildman–Crippen MR) is 69.2 cm³/mol. The van der Waals surface area contributed by atoms with Crippen LogP contribution in [0.25, 0.3) is 0 Å². The van der Waals surface area contributed by atoms with Gasteiger partial charge in [0.1, 0.15) is 6.54 Å². The van der Waals surface area contributed by atoms with E-state index in [1.54, 1.807) is 0 Å². The van der Waals surface area contributed by atoms with Crippen LogP contribution in [-0.4, -0.2) is 82.6 Å². The smallest absolute Gasteiger partial charge is 0.307 e. The van der Waals surface area contributed by atoms with Gasteiger partial charge in [0.2, 0.25) is 0 Å². The molecule has 0 aliphatic carbocycles. The molecule has 0 aromatic heterocycles. The van der Waals surface area contributed by atoms with E-state index in [0.29, 0.717) is 0 Å². The maximum atomic E-state index is 10.2. The monoisotopic (exact) mass is 354 g/mol. The summed E-state index contributed by atoms with van der Waals surface area (Å²) < 4.78 is 0.844. The summed E-state index contributed by atoms with van der Waals surface area (Å²) in [5.74, 6) is -5.38. The summed E-state index contributed by atoms with van der Waals surface area (Å²) in [5.41, 5.74) is 0. The molecule has 0 bridgehead atoms. The van der Waals surface area contributed by atoms with Crippen molar-refractivity contribution >= 4 is 17.9 Å². The Kier molecular flexibility index (Phi) is 18.4. The standard InChI is InChI=1S/C6H8O6.C5H14NO.Fe.H2O/c7-4(8)1-3(6(11)12)2-5(9)10;1-6(2,3)4-5-7;;/h3H,1-2H2,(H,7,8)(H,9,10)(H,11,12);7H,4-5H2,1-3H3;;1H2/q;+1;;. The first kappa shape index (κ1) is 28.0. The molecule has 0 saturated heterocycles. The maximum Gasteiger partial charge on any atom is 0.307 e. The predicted octanol–water partition coefficient (Wildman–Crippen LogP) is -1.51. The second kappa shape index (κ2) is 13.8. The van der Waals surface area contributed by atoms with E-state index in [2.05, 4.69) is 21.1 Å². The van der Waals surface area contributed by atoms with Crippen molar-refractivity contribution in [2.45, 2.75) is 12.8 Å². The van der Waals surface area contributed by atoms with Gasteiger partial charge in [0.25, 0.3) is 0 Å². The number of carboxylic acid groups (broad SMARTS) is 3. The largest absolute Gasteiger partial charge is 0.481 e. The van der Waals surface area contributed by atoms with Crippen LogP contribution in [0.2, 0.25) is 0 Å². The van der Waals surface area contributed by atoms with Crippen LogP contribution in [0, 0.1) is 5.92 Å². The molecule has 0 spiro atoms. The number of carboxylic acids is 3. The van der Waals surface area contributed by atoms with Gasteiger partial charge >= 0.3 is 17.9 Å². The minimum absolute atomic E-state index is 0. The molecule has 0 rings (SSSR count). The van der Waals surface area contributed by atoms with Gasteiger partial charge in [-0.15, -0.1) is 0 Å². The van der Waals surface area contributed by atoms with E-state index >= 15 is 0 Å². The van der Waals surface area contributed by atoms with Crippen molar-refractivity contribution in [3.63, 3.8) is 0 Å². The zero-order valence-corrected chi connectivity index (χ0v) is 13.3. The van der Waals surface area contributed by atoms with E-state index in [4.69, 9.17) is 20.4 Å². The van der Waals surface area contributed by atoms with E-state index in [1.807, 2.05) is 0 Å². The van der Waals surface area contributed by atoms with E-state index < -0.39 is 36.7 Å². The first-order chi connectivity index (χ1) is 8.49. The van der Waals surface area contributed by atoms with Crippen molar-refractivity contribution in [1.29, 1.82) is 0 Å².